The third-order valence-corrected chi connectivity index (χ3v) is 4.69. The van der Waals surface area contributed by atoms with E-state index in [-0.39, 0.29) is 18.7 Å². The summed E-state index contributed by atoms with van der Waals surface area (Å²) < 4.78 is 0. The Morgan fingerprint density at radius 1 is 1.15 bits per heavy atom. The first-order valence-electron chi connectivity index (χ1n) is 8.89. The molecule has 0 spiro atoms. The second-order valence-corrected chi connectivity index (χ2v) is 6.73. The number of carboxylic acid groups (broad SMARTS) is 1. The number of rotatable bonds is 9. The summed E-state index contributed by atoms with van der Waals surface area (Å²) in [5.41, 5.74) is 0.319. The molecule has 6 heteroatoms. The van der Waals surface area contributed by atoms with Crippen LogP contribution >= 0.6 is 0 Å². The van der Waals surface area contributed by atoms with Crippen molar-refractivity contribution in [2.45, 2.75) is 43.8 Å². The lowest BCUT2D eigenvalue weighted by atomic mass is 10.0. The lowest BCUT2D eigenvalue weighted by molar-refractivity contribution is -0.141. The molecule has 0 unspecified atom stereocenters. The number of nitrogens with zero attached hydrogens (tertiary/aromatic N) is 2. The Bertz CT molecular complexity index is 924. The monoisotopic (exact) mass is 363 g/mol. The van der Waals surface area contributed by atoms with Crippen molar-refractivity contribution in [3.63, 3.8) is 0 Å². The number of fused-ring (bicyclic) bond motifs is 1. The Morgan fingerprint density at radius 3 is 2.56 bits per heavy atom. The highest BCUT2D eigenvalue weighted by Gasteiger charge is 2.39. The largest absolute Gasteiger partial charge is 0.480 e. The maximum absolute atomic E-state index is 12.2. The van der Waals surface area contributed by atoms with E-state index >= 15 is 0 Å². The average molecular weight is 363 g/mol. The summed E-state index contributed by atoms with van der Waals surface area (Å²) in [5, 5.41) is 22.2. The van der Waals surface area contributed by atoms with Crippen LogP contribution in [0.4, 0.5) is 0 Å². The smallest absolute Gasteiger partial charge is 0.326 e. The summed E-state index contributed by atoms with van der Waals surface area (Å²) in [7, 11) is 0. The highest BCUT2D eigenvalue weighted by atomic mass is 16.4. The van der Waals surface area contributed by atoms with E-state index in [0.29, 0.717) is 19.3 Å². The zero-order chi connectivity index (χ0) is 19.3. The molecule has 6 nitrogen and oxygen atoms in total. The first-order chi connectivity index (χ1) is 13.0. The summed E-state index contributed by atoms with van der Waals surface area (Å²) in [6.45, 7) is 0. The van der Waals surface area contributed by atoms with E-state index in [4.69, 9.17) is 6.42 Å². The lowest BCUT2D eigenvalue weighted by Gasteiger charge is -2.16. The van der Waals surface area contributed by atoms with Crippen LogP contribution in [0.3, 0.4) is 0 Å². The van der Waals surface area contributed by atoms with Crippen LogP contribution in [-0.2, 0) is 16.0 Å². The summed E-state index contributed by atoms with van der Waals surface area (Å²) in [5.74, 6) is 1.17. The van der Waals surface area contributed by atoms with Gasteiger partial charge < -0.3 is 10.4 Å². The van der Waals surface area contributed by atoms with Crippen molar-refractivity contribution in [1.82, 2.24) is 5.32 Å². The van der Waals surface area contributed by atoms with Gasteiger partial charge in [-0.1, -0.05) is 42.5 Å². The van der Waals surface area contributed by atoms with Gasteiger partial charge in [0.2, 0.25) is 5.91 Å². The van der Waals surface area contributed by atoms with Gasteiger partial charge in [-0.05, 0) is 16.3 Å². The van der Waals surface area contributed by atoms with Crippen molar-refractivity contribution >= 4 is 22.6 Å². The molecular weight excluding hydrogens is 342 g/mol. The summed E-state index contributed by atoms with van der Waals surface area (Å²) in [4.78, 5) is 23.8. The highest BCUT2D eigenvalue weighted by molar-refractivity contribution is 5.85. The zero-order valence-corrected chi connectivity index (χ0v) is 14.9. The van der Waals surface area contributed by atoms with Crippen LogP contribution in [0.5, 0.6) is 0 Å². The summed E-state index contributed by atoms with van der Waals surface area (Å²) in [6, 6.07) is 12.7. The topological polar surface area (TPSA) is 91.1 Å². The third kappa shape index (κ3) is 4.91. The number of benzene rings is 2. The molecule has 0 aromatic heterocycles. The average Bonchev–Trinajstić information content (AvgIpc) is 3.44. The molecule has 1 amide bonds. The van der Waals surface area contributed by atoms with Crippen LogP contribution in [0.2, 0.25) is 0 Å². The maximum atomic E-state index is 12.2. The summed E-state index contributed by atoms with van der Waals surface area (Å²) >= 11 is 0. The van der Waals surface area contributed by atoms with Crippen molar-refractivity contribution in [1.29, 1.82) is 0 Å². The van der Waals surface area contributed by atoms with Crippen LogP contribution in [0, 0.1) is 12.3 Å². The van der Waals surface area contributed by atoms with Gasteiger partial charge in [0.1, 0.15) is 6.04 Å². The van der Waals surface area contributed by atoms with Gasteiger partial charge >= 0.3 is 5.97 Å². The molecule has 0 bridgehead atoms. The molecule has 1 heterocycles. The van der Waals surface area contributed by atoms with Gasteiger partial charge in [0.15, 0.2) is 5.66 Å². The molecule has 1 atom stereocenters. The number of terminal acetylenes is 1. The minimum atomic E-state index is -1.06. The number of hydrogen-bond acceptors (Lipinski definition) is 4. The van der Waals surface area contributed by atoms with E-state index in [1.54, 1.807) is 0 Å². The van der Waals surface area contributed by atoms with Gasteiger partial charge in [0.25, 0.3) is 0 Å². The fourth-order valence-electron chi connectivity index (χ4n) is 3.05. The minimum Gasteiger partial charge on any atom is -0.480 e. The van der Waals surface area contributed by atoms with Gasteiger partial charge in [0, 0.05) is 32.1 Å². The molecule has 2 aromatic carbocycles. The van der Waals surface area contributed by atoms with Gasteiger partial charge in [-0.3, -0.25) is 4.79 Å². The van der Waals surface area contributed by atoms with E-state index in [2.05, 4.69) is 21.5 Å². The number of nitrogens with one attached hydrogen (secondary N) is 1. The van der Waals surface area contributed by atoms with Crippen LogP contribution in [0.25, 0.3) is 10.8 Å². The van der Waals surface area contributed by atoms with E-state index in [1.165, 1.54) is 0 Å². The first kappa shape index (κ1) is 18.6. The molecule has 0 saturated heterocycles. The van der Waals surface area contributed by atoms with Crippen molar-refractivity contribution in [3.8, 4) is 12.3 Å². The number of amides is 1. The first-order valence-corrected chi connectivity index (χ1v) is 8.89. The Balaban J connectivity index is 1.57. The minimum absolute atomic E-state index is 0.166. The Labute approximate surface area is 157 Å². The molecular formula is C21H21N3O3. The SMILES string of the molecule is C#CCCC1(CCC(=O)N[C@@H](Cc2ccc3ccccc3c2)C(=O)O)N=N1. The molecule has 27 heavy (non-hydrogen) atoms. The lowest BCUT2D eigenvalue weighted by Crippen LogP contribution is -2.42. The fourth-order valence-corrected chi connectivity index (χ4v) is 3.05. The second kappa shape index (κ2) is 8.00. The molecule has 0 saturated carbocycles. The van der Waals surface area contributed by atoms with Crippen molar-refractivity contribution in [3.05, 3.63) is 48.0 Å². The second-order valence-electron chi connectivity index (χ2n) is 6.73. The number of carbonyl (C=O) groups excluding carboxylic acids is 1. The Kier molecular flexibility index (Phi) is 5.51. The maximum Gasteiger partial charge on any atom is 0.326 e. The van der Waals surface area contributed by atoms with Crippen LogP contribution < -0.4 is 5.32 Å². The van der Waals surface area contributed by atoms with E-state index < -0.39 is 17.7 Å². The molecule has 2 N–H and O–H groups in total. The van der Waals surface area contributed by atoms with E-state index in [1.807, 2.05) is 42.5 Å². The Hall–Kier alpha value is -3.20. The molecule has 138 valence electrons. The zero-order valence-electron chi connectivity index (χ0n) is 14.9. The quantitative estimate of drug-likeness (QED) is 0.670. The van der Waals surface area contributed by atoms with Crippen LogP contribution in [-0.4, -0.2) is 28.7 Å². The fraction of sp³-hybridized carbons (Fsp3) is 0.333. The molecule has 0 radical (unpaired) electrons. The number of hydrogen-bond donors (Lipinski definition) is 2. The van der Waals surface area contributed by atoms with Crippen LogP contribution in [0.1, 0.15) is 31.2 Å². The normalized spacial score (nSPS) is 15.1. The van der Waals surface area contributed by atoms with Crippen molar-refractivity contribution in [2.75, 3.05) is 0 Å². The standard InChI is InChI=1S/C21H21N3O3/c1-2-3-11-21(23-24-21)12-10-19(25)22-18(20(26)27)14-15-8-9-16-6-4-5-7-17(16)13-15/h1,4-9,13,18H,3,10-12,14H2,(H,22,25)(H,26,27)/t18-/m0/s1. The third-order valence-electron chi connectivity index (χ3n) is 4.69. The van der Waals surface area contributed by atoms with Gasteiger partial charge in [-0.25, -0.2) is 4.79 Å². The summed E-state index contributed by atoms with van der Waals surface area (Å²) in [6.07, 6.45) is 7.26. The van der Waals surface area contributed by atoms with E-state index in [9.17, 15) is 14.7 Å². The molecule has 3 rings (SSSR count). The molecule has 1 aliphatic rings. The highest BCUT2D eigenvalue weighted by Crippen LogP contribution is 2.37. The molecule has 2 aromatic rings. The van der Waals surface area contributed by atoms with Gasteiger partial charge in [-0.2, -0.15) is 10.2 Å². The van der Waals surface area contributed by atoms with Gasteiger partial charge in [-0.15, -0.1) is 12.3 Å². The van der Waals surface area contributed by atoms with Crippen molar-refractivity contribution in [2.24, 2.45) is 10.2 Å². The Morgan fingerprint density at radius 2 is 1.89 bits per heavy atom. The number of aliphatic carboxylic acids is 1. The number of carbonyl (C=O) groups is 2. The predicted octanol–water partition coefficient (Wildman–Crippen LogP) is 3.31. The van der Waals surface area contributed by atoms with Crippen molar-refractivity contribution < 1.29 is 14.7 Å². The van der Waals surface area contributed by atoms with Crippen LogP contribution in [0.15, 0.2) is 52.7 Å². The predicted molar refractivity (Wildman–Crippen MR) is 102 cm³/mol. The molecule has 1 aliphatic heterocycles. The molecule has 0 fully saturated rings. The van der Waals surface area contributed by atoms with Gasteiger partial charge in [0.05, 0.1) is 0 Å². The molecule has 0 aliphatic carbocycles. The number of carboxylic acids is 1. The van der Waals surface area contributed by atoms with E-state index in [0.717, 1.165) is 16.3 Å².